The Kier molecular flexibility index (Phi) is 4.21. The Hall–Kier alpha value is -2.53. The third kappa shape index (κ3) is 3.29. The van der Waals surface area contributed by atoms with Crippen LogP contribution in [-0.2, 0) is 0 Å². The van der Waals surface area contributed by atoms with Crippen molar-refractivity contribution in [2.45, 2.75) is 19.9 Å². The van der Waals surface area contributed by atoms with Crippen LogP contribution in [0.5, 0.6) is 0 Å². The first-order valence-corrected chi connectivity index (χ1v) is 7.63. The van der Waals surface area contributed by atoms with Crippen LogP contribution in [0.1, 0.15) is 24.3 Å². The molecule has 2 heterocycles. The second-order valence-electron chi connectivity index (χ2n) is 5.41. The van der Waals surface area contributed by atoms with Crippen LogP contribution in [-0.4, -0.2) is 21.7 Å². The van der Waals surface area contributed by atoms with Crippen LogP contribution in [0, 0.1) is 0 Å². The molecule has 118 valence electrons. The van der Waals surface area contributed by atoms with Crippen molar-refractivity contribution < 1.29 is 9.21 Å². The summed E-state index contributed by atoms with van der Waals surface area (Å²) >= 11 is 6.07. The highest BCUT2D eigenvalue weighted by Crippen LogP contribution is 2.25. The van der Waals surface area contributed by atoms with Crippen molar-refractivity contribution in [3.8, 4) is 17.1 Å². The molecule has 23 heavy (non-hydrogen) atoms. The molecule has 1 N–H and O–H groups in total. The Bertz CT molecular complexity index is 822. The average molecular weight is 330 g/mol. The maximum Gasteiger partial charge on any atom is 0.272 e. The molecule has 1 amide bonds. The van der Waals surface area contributed by atoms with Gasteiger partial charge in [0.2, 0.25) is 0 Å². The first kappa shape index (κ1) is 15.4. The van der Waals surface area contributed by atoms with E-state index in [4.69, 9.17) is 16.0 Å². The van der Waals surface area contributed by atoms with Crippen LogP contribution in [0.3, 0.4) is 0 Å². The van der Waals surface area contributed by atoms with Crippen LogP contribution < -0.4 is 5.32 Å². The molecule has 2 aromatic heterocycles. The summed E-state index contributed by atoms with van der Waals surface area (Å²) in [4.78, 5) is 12.2. The molecule has 0 spiro atoms. The summed E-state index contributed by atoms with van der Waals surface area (Å²) in [7, 11) is 0. The van der Waals surface area contributed by atoms with Gasteiger partial charge in [-0.15, -0.1) is 0 Å². The van der Waals surface area contributed by atoms with E-state index in [2.05, 4.69) is 10.4 Å². The highest BCUT2D eigenvalue weighted by Gasteiger charge is 2.18. The number of hydrogen-bond acceptors (Lipinski definition) is 3. The van der Waals surface area contributed by atoms with Crippen molar-refractivity contribution in [3.63, 3.8) is 0 Å². The third-order valence-corrected chi connectivity index (χ3v) is 3.42. The minimum Gasteiger partial charge on any atom is -0.463 e. The molecule has 0 bridgehead atoms. The fourth-order valence-electron chi connectivity index (χ4n) is 2.23. The summed E-state index contributed by atoms with van der Waals surface area (Å²) in [5, 5.41) is 7.85. The molecule has 0 unspecified atom stereocenters. The number of hydrogen-bond donors (Lipinski definition) is 1. The summed E-state index contributed by atoms with van der Waals surface area (Å²) < 4.78 is 7.11. The maximum atomic E-state index is 12.2. The molecule has 0 aliphatic carbocycles. The predicted molar refractivity (Wildman–Crippen MR) is 88.9 cm³/mol. The number of benzene rings is 1. The molecule has 0 fully saturated rings. The fourth-order valence-corrected chi connectivity index (χ4v) is 2.42. The van der Waals surface area contributed by atoms with Gasteiger partial charge in [-0.2, -0.15) is 5.10 Å². The Morgan fingerprint density at radius 3 is 2.74 bits per heavy atom. The van der Waals surface area contributed by atoms with E-state index < -0.39 is 0 Å². The number of carbonyl (C=O) groups is 1. The first-order valence-electron chi connectivity index (χ1n) is 7.25. The molecule has 5 nitrogen and oxygen atoms in total. The lowest BCUT2D eigenvalue weighted by molar-refractivity contribution is 0.0937. The molecule has 3 aromatic rings. The van der Waals surface area contributed by atoms with Gasteiger partial charge in [-0.1, -0.05) is 17.7 Å². The predicted octanol–water partition coefficient (Wildman–Crippen LogP) is 3.92. The Balaban J connectivity index is 2.10. The van der Waals surface area contributed by atoms with Gasteiger partial charge in [0.25, 0.3) is 5.91 Å². The smallest absolute Gasteiger partial charge is 0.272 e. The minimum atomic E-state index is -0.228. The highest BCUT2D eigenvalue weighted by atomic mass is 35.5. The number of furan rings is 1. The van der Waals surface area contributed by atoms with Crippen molar-refractivity contribution in [2.24, 2.45) is 0 Å². The zero-order valence-corrected chi connectivity index (χ0v) is 13.5. The second kappa shape index (κ2) is 6.30. The number of aromatic nitrogens is 2. The van der Waals surface area contributed by atoms with E-state index in [-0.39, 0.29) is 11.9 Å². The van der Waals surface area contributed by atoms with E-state index in [0.29, 0.717) is 22.2 Å². The molecule has 1 aromatic carbocycles. The quantitative estimate of drug-likeness (QED) is 0.789. The van der Waals surface area contributed by atoms with Crippen molar-refractivity contribution in [1.82, 2.24) is 15.1 Å². The Morgan fingerprint density at radius 1 is 1.26 bits per heavy atom. The van der Waals surface area contributed by atoms with Gasteiger partial charge in [0.1, 0.15) is 5.69 Å². The van der Waals surface area contributed by atoms with Crippen molar-refractivity contribution in [3.05, 3.63) is 59.4 Å². The number of amides is 1. The van der Waals surface area contributed by atoms with E-state index in [1.165, 1.54) is 0 Å². The number of nitrogens with zero attached hydrogens (tertiary/aromatic N) is 2. The van der Waals surface area contributed by atoms with Crippen molar-refractivity contribution in [2.75, 3.05) is 0 Å². The van der Waals surface area contributed by atoms with Gasteiger partial charge in [0.15, 0.2) is 11.5 Å². The van der Waals surface area contributed by atoms with E-state index >= 15 is 0 Å². The van der Waals surface area contributed by atoms with E-state index in [9.17, 15) is 4.79 Å². The minimum absolute atomic E-state index is 0.0332. The van der Waals surface area contributed by atoms with Crippen LogP contribution in [0.25, 0.3) is 17.1 Å². The molecular formula is C17H16ClN3O2. The molecular weight excluding hydrogens is 314 g/mol. The molecule has 0 aliphatic heterocycles. The van der Waals surface area contributed by atoms with E-state index in [1.807, 2.05) is 32.0 Å². The largest absolute Gasteiger partial charge is 0.463 e. The fraction of sp³-hybridized carbons (Fsp3) is 0.176. The second-order valence-corrected chi connectivity index (χ2v) is 5.85. The summed E-state index contributed by atoms with van der Waals surface area (Å²) in [5.41, 5.74) is 1.77. The summed E-state index contributed by atoms with van der Waals surface area (Å²) in [6.07, 6.45) is 1.58. The van der Waals surface area contributed by atoms with Crippen LogP contribution >= 0.6 is 11.6 Å². The van der Waals surface area contributed by atoms with Gasteiger partial charge in [-0.3, -0.25) is 4.79 Å². The number of halogens is 1. The van der Waals surface area contributed by atoms with Crippen molar-refractivity contribution in [1.29, 1.82) is 0 Å². The van der Waals surface area contributed by atoms with Gasteiger partial charge in [-0.25, -0.2) is 4.68 Å². The van der Waals surface area contributed by atoms with Crippen LogP contribution in [0.4, 0.5) is 0 Å². The lowest BCUT2D eigenvalue weighted by Crippen LogP contribution is -2.30. The standard InChI is InChI=1S/C17H16ClN3O2/c1-11(2)19-17(22)14-10-15(16-7-4-8-23-16)21(20-14)13-6-3-5-12(18)9-13/h3-11H,1-2H3,(H,19,22). The Labute approximate surface area is 138 Å². The average Bonchev–Trinajstić information content (AvgIpc) is 3.16. The number of carbonyl (C=O) groups excluding carboxylic acids is 1. The van der Waals surface area contributed by atoms with E-state index in [0.717, 1.165) is 5.69 Å². The van der Waals surface area contributed by atoms with Gasteiger partial charge < -0.3 is 9.73 Å². The van der Waals surface area contributed by atoms with Crippen LogP contribution in [0.2, 0.25) is 5.02 Å². The number of rotatable bonds is 4. The highest BCUT2D eigenvalue weighted by molar-refractivity contribution is 6.30. The van der Waals surface area contributed by atoms with Crippen molar-refractivity contribution >= 4 is 17.5 Å². The van der Waals surface area contributed by atoms with E-state index in [1.54, 1.807) is 35.2 Å². The van der Waals surface area contributed by atoms with Gasteiger partial charge in [0.05, 0.1) is 12.0 Å². The molecule has 6 heteroatoms. The van der Waals surface area contributed by atoms with Gasteiger partial charge in [-0.05, 0) is 44.2 Å². The summed E-state index contributed by atoms with van der Waals surface area (Å²) in [6, 6.07) is 12.6. The molecule has 0 atom stereocenters. The third-order valence-electron chi connectivity index (χ3n) is 3.19. The molecule has 0 saturated carbocycles. The van der Waals surface area contributed by atoms with Gasteiger partial charge in [0, 0.05) is 17.1 Å². The van der Waals surface area contributed by atoms with Gasteiger partial charge >= 0.3 is 0 Å². The molecule has 3 rings (SSSR count). The normalized spacial score (nSPS) is 11.0. The summed E-state index contributed by atoms with van der Waals surface area (Å²) in [5.74, 6) is 0.398. The Morgan fingerprint density at radius 2 is 2.09 bits per heavy atom. The molecule has 0 aliphatic rings. The zero-order valence-electron chi connectivity index (χ0n) is 12.8. The molecule has 0 radical (unpaired) electrons. The molecule has 0 saturated heterocycles. The first-order chi connectivity index (χ1) is 11.0. The maximum absolute atomic E-state index is 12.2. The monoisotopic (exact) mass is 329 g/mol. The lowest BCUT2D eigenvalue weighted by Gasteiger charge is -2.06. The topological polar surface area (TPSA) is 60.1 Å². The number of nitrogens with one attached hydrogen (secondary N) is 1. The SMILES string of the molecule is CC(C)NC(=O)c1cc(-c2ccco2)n(-c2cccc(Cl)c2)n1. The lowest BCUT2D eigenvalue weighted by atomic mass is 10.2. The zero-order chi connectivity index (χ0) is 16.4. The van der Waals surface area contributed by atoms with Crippen LogP contribution in [0.15, 0.2) is 53.1 Å². The summed E-state index contributed by atoms with van der Waals surface area (Å²) in [6.45, 7) is 3.80.